The van der Waals surface area contributed by atoms with E-state index < -0.39 is 0 Å². The summed E-state index contributed by atoms with van der Waals surface area (Å²) in [7, 11) is 0. The van der Waals surface area contributed by atoms with Crippen LogP contribution in [0.2, 0.25) is 0 Å². The highest BCUT2D eigenvalue weighted by Crippen LogP contribution is 2.25. The first-order valence-electron chi connectivity index (χ1n) is 4.89. The molecule has 2 nitrogen and oxygen atoms in total. The smallest absolute Gasteiger partial charge is 0.125 e. The van der Waals surface area contributed by atoms with Crippen molar-refractivity contribution in [2.45, 2.75) is 26.0 Å². The van der Waals surface area contributed by atoms with E-state index >= 15 is 0 Å². The zero-order valence-electron chi connectivity index (χ0n) is 9.03. The molecular formula is C12H16FNO. The summed E-state index contributed by atoms with van der Waals surface area (Å²) in [5.41, 5.74) is 6.40. The van der Waals surface area contributed by atoms with Crippen molar-refractivity contribution in [3.05, 3.63) is 42.2 Å². The maximum Gasteiger partial charge on any atom is 0.125 e. The number of hydrogen-bond acceptors (Lipinski definition) is 2. The predicted octanol–water partition coefficient (Wildman–Crippen LogP) is 2.80. The van der Waals surface area contributed by atoms with E-state index in [0.29, 0.717) is 11.3 Å². The fourth-order valence-electron chi connectivity index (χ4n) is 1.23. The molecule has 2 atom stereocenters. The molecule has 0 bridgehead atoms. The predicted molar refractivity (Wildman–Crippen MR) is 59.3 cm³/mol. The van der Waals surface area contributed by atoms with Crippen molar-refractivity contribution >= 4 is 0 Å². The molecular weight excluding hydrogens is 193 g/mol. The van der Waals surface area contributed by atoms with Crippen LogP contribution in [0.3, 0.4) is 0 Å². The van der Waals surface area contributed by atoms with Crippen molar-refractivity contribution in [2.24, 2.45) is 5.73 Å². The van der Waals surface area contributed by atoms with Crippen LogP contribution >= 0.6 is 0 Å². The summed E-state index contributed by atoms with van der Waals surface area (Å²) >= 11 is 0. The first kappa shape index (κ1) is 11.7. The Morgan fingerprint density at radius 1 is 1.47 bits per heavy atom. The molecule has 2 N–H and O–H groups in total. The molecule has 0 radical (unpaired) electrons. The SMILES string of the molecule is C=CC(C)Oc1ccc(F)cc1[C@H](C)N. The molecule has 0 saturated carbocycles. The van der Waals surface area contributed by atoms with Crippen LogP contribution in [0, 0.1) is 5.82 Å². The molecule has 15 heavy (non-hydrogen) atoms. The summed E-state index contributed by atoms with van der Waals surface area (Å²) in [5.74, 6) is 0.305. The van der Waals surface area contributed by atoms with E-state index in [1.54, 1.807) is 19.1 Å². The fourth-order valence-corrected chi connectivity index (χ4v) is 1.23. The molecule has 1 aromatic rings. The standard InChI is InChI=1S/C12H16FNO/c1-4-8(2)15-12-6-5-10(13)7-11(12)9(3)14/h4-9H,1,14H2,2-3H3/t8?,9-/m0/s1. The number of nitrogens with two attached hydrogens (primary N) is 1. The minimum atomic E-state index is -0.305. The van der Waals surface area contributed by atoms with Crippen molar-refractivity contribution in [3.63, 3.8) is 0 Å². The fraction of sp³-hybridized carbons (Fsp3) is 0.333. The highest BCUT2D eigenvalue weighted by molar-refractivity contribution is 5.36. The average molecular weight is 209 g/mol. The summed E-state index contributed by atoms with van der Waals surface area (Å²) in [4.78, 5) is 0. The van der Waals surface area contributed by atoms with E-state index in [9.17, 15) is 4.39 Å². The maximum absolute atomic E-state index is 13.0. The van der Waals surface area contributed by atoms with Crippen molar-refractivity contribution in [2.75, 3.05) is 0 Å². The minimum Gasteiger partial charge on any atom is -0.486 e. The largest absolute Gasteiger partial charge is 0.486 e. The lowest BCUT2D eigenvalue weighted by atomic mass is 10.1. The van der Waals surface area contributed by atoms with E-state index in [4.69, 9.17) is 10.5 Å². The minimum absolute atomic E-state index is 0.118. The van der Waals surface area contributed by atoms with Crippen LogP contribution in [0.25, 0.3) is 0 Å². The summed E-state index contributed by atoms with van der Waals surface area (Å²) in [5, 5.41) is 0. The number of hydrogen-bond donors (Lipinski definition) is 1. The van der Waals surface area contributed by atoms with Gasteiger partial charge in [0.15, 0.2) is 0 Å². The van der Waals surface area contributed by atoms with Crippen molar-refractivity contribution in [1.82, 2.24) is 0 Å². The van der Waals surface area contributed by atoms with Crippen LogP contribution in [-0.4, -0.2) is 6.10 Å². The molecule has 1 unspecified atom stereocenters. The van der Waals surface area contributed by atoms with E-state index in [0.717, 1.165) is 0 Å². The Hall–Kier alpha value is -1.35. The molecule has 3 heteroatoms. The van der Waals surface area contributed by atoms with Gasteiger partial charge in [-0.25, -0.2) is 4.39 Å². The quantitative estimate of drug-likeness (QED) is 0.774. The number of rotatable bonds is 4. The van der Waals surface area contributed by atoms with Crippen LogP contribution in [0.5, 0.6) is 5.75 Å². The summed E-state index contributed by atoms with van der Waals surface area (Å²) < 4.78 is 18.5. The third-order valence-electron chi connectivity index (χ3n) is 2.11. The lowest BCUT2D eigenvalue weighted by Crippen LogP contribution is -2.13. The van der Waals surface area contributed by atoms with Crippen LogP contribution < -0.4 is 10.5 Å². The molecule has 82 valence electrons. The molecule has 1 rings (SSSR count). The number of ether oxygens (including phenoxy) is 1. The molecule has 0 aromatic heterocycles. The average Bonchev–Trinajstić information content (AvgIpc) is 2.20. The zero-order valence-corrected chi connectivity index (χ0v) is 9.03. The van der Waals surface area contributed by atoms with Crippen LogP contribution in [0.1, 0.15) is 25.5 Å². The van der Waals surface area contributed by atoms with Gasteiger partial charge in [-0.2, -0.15) is 0 Å². The Balaban J connectivity index is 3.00. The van der Waals surface area contributed by atoms with E-state index in [1.165, 1.54) is 12.1 Å². The van der Waals surface area contributed by atoms with Gasteiger partial charge < -0.3 is 10.5 Å². The monoisotopic (exact) mass is 209 g/mol. The van der Waals surface area contributed by atoms with Crippen molar-refractivity contribution in [3.8, 4) is 5.75 Å². The maximum atomic E-state index is 13.0. The van der Waals surface area contributed by atoms with Crippen LogP contribution in [0.15, 0.2) is 30.9 Å². The van der Waals surface area contributed by atoms with Gasteiger partial charge in [-0.3, -0.25) is 0 Å². The van der Waals surface area contributed by atoms with E-state index in [1.807, 2.05) is 6.92 Å². The zero-order chi connectivity index (χ0) is 11.4. The van der Waals surface area contributed by atoms with E-state index in [2.05, 4.69) is 6.58 Å². The lowest BCUT2D eigenvalue weighted by Gasteiger charge is -2.16. The highest BCUT2D eigenvalue weighted by Gasteiger charge is 2.10. The van der Waals surface area contributed by atoms with Gasteiger partial charge in [-0.15, -0.1) is 0 Å². The van der Waals surface area contributed by atoms with E-state index in [-0.39, 0.29) is 18.0 Å². The van der Waals surface area contributed by atoms with Gasteiger partial charge in [0.05, 0.1) is 0 Å². The molecule has 0 heterocycles. The number of benzene rings is 1. The van der Waals surface area contributed by atoms with Gasteiger partial charge in [0.1, 0.15) is 17.7 Å². The summed E-state index contributed by atoms with van der Waals surface area (Å²) in [6, 6.07) is 4.09. The van der Waals surface area contributed by atoms with Crippen LogP contribution in [0.4, 0.5) is 4.39 Å². The third kappa shape index (κ3) is 3.06. The Kier molecular flexibility index (Phi) is 3.86. The topological polar surface area (TPSA) is 35.2 Å². The Labute approximate surface area is 89.6 Å². The second-order valence-electron chi connectivity index (χ2n) is 3.53. The summed E-state index contributed by atoms with van der Waals surface area (Å²) in [6.07, 6.45) is 1.56. The van der Waals surface area contributed by atoms with Gasteiger partial charge in [-0.05, 0) is 32.0 Å². The molecule has 0 aliphatic rings. The molecule has 1 aromatic carbocycles. The van der Waals surface area contributed by atoms with Gasteiger partial charge >= 0.3 is 0 Å². The highest BCUT2D eigenvalue weighted by atomic mass is 19.1. The first-order chi connectivity index (χ1) is 7.04. The van der Waals surface area contributed by atoms with Gasteiger partial charge in [0, 0.05) is 11.6 Å². The third-order valence-corrected chi connectivity index (χ3v) is 2.11. The Morgan fingerprint density at radius 3 is 2.67 bits per heavy atom. The second kappa shape index (κ2) is 4.94. The molecule has 0 aliphatic heterocycles. The molecule has 0 fully saturated rings. The van der Waals surface area contributed by atoms with Crippen LogP contribution in [-0.2, 0) is 0 Å². The molecule has 0 aliphatic carbocycles. The van der Waals surface area contributed by atoms with Gasteiger partial charge in [-0.1, -0.05) is 12.7 Å². The summed E-state index contributed by atoms with van der Waals surface area (Å²) in [6.45, 7) is 7.27. The molecule has 0 amide bonds. The second-order valence-corrected chi connectivity index (χ2v) is 3.53. The molecule has 0 saturated heterocycles. The lowest BCUT2D eigenvalue weighted by molar-refractivity contribution is 0.266. The van der Waals surface area contributed by atoms with Gasteiger partial charge in [0.25, 0.3) is 0 Å². The van der Waals surface area contributed by atoms with Gasteiger partial charge in [0.2, 0.25) is 0 Å². The number of halogens is 1. The van der Waals surface area contributed by atoms with Crippen molar-refractivity contribution < 1.29 is 9.13 Å². The Bertz CT molecular complexity index is 349. The van der Waals surface area contributed by atoms with Crippen molar-refractivity contribution in [1.29, 1.82) is 0 Å². The Morgan fingerprint density at radius 2 is 2.13 bits per heavy atom. The first-order valence-corrected chi connectivity index (χ1v) is 4.89. The normalized spacial score (nSPS) is 14.4. The molecule has 0 spiro atoms.